The zero-order valence-electron chi connectivity index (χ0n) is 12.3. The zero-order valence-corrected chi connectivity index (χ0v) is 12.3. The Kier molecular flexibility index (Phi) is 6.84. The molecule has 1 saturated heterocycles. The van der Waals surface area contributed by atoms with Crippen LogP contribution in [0, 0.1) is 0 Å². The first kappa shape index (κ1) is 15.3. The highest BCUT2D eigenvalue weighted by Crippen LogP contribution is 2.18. The second-order valence-corrected chi connectivity index (χ2v) is 4.92. The molecule has 1 aliphatic rings. The molecule has 0 bridgehead atoms. The van der Waals surface area contributed by atoms with Crippen LogP contribution in [0.2, 0.25) is 0 Å². The lowest BCUT2D eigenvalue weighted by molar-refractivity contribution is 0.108. The van der Waals surface area contributed by atoms with Crippen LogP contribution in [0.3, 0.4) is 0 Å². The third kappa shape index (κ3) is 5.12. The molecular formula is C16H25NO3. The van der Waals surface area contributed by atoms with Gasteiger partial charge in [-0.3, -0.25) is 0 Å². The van der Waals surface area contributed by atoms with Crippen molar-refractivity contribution in [3.63, 3.8) is 0 Å². The van der Waals surface area contributed by atoms with Gasteiger partial charge in [0.05, 0.1) is 12.7 Å². The Morgan fingerprint density at radius 2 is 2.20 bits per heavy atom. The molecule has 0 radical (unpaired) electrons. The van der Waals surface area contributed by atoms with Crippen molar-refractivity contribution < 1.29 is 14.2 Å². The molecule has 112 valence electrons. The molecule has 1 aliphatic heterocycles. The van der Waals surface area contributed by atoms with Crippen molar-refractivity contribution in [2.24, 2.45) is 0 Å². The topological polar surface area (TPSA) is 39.7 Å². The molecule has 1 fully saturated rings. The van der Waals surface area contributed by atoms with Gasteiger partial charge >= 0.3 is 0 Å². The van der Waals surface area contributed by atoms with Crippen LogP contribution >= 0.6 is 0 Å². The highest BCUT2D eigenvalue weighted by atomic mass is 16.5. The molecule has 4 heteroatoms. The SMILES string of the molecule is CCOCCOc1ccccc1CNC[C@@H]1CCCO1. The second kappa shape index (κ2) is 8.95. The molecule has 1 N–H and O–H groups in total. The number of para-hydroxylation sites is 1. The number of benzene rings is 1. The van der Waals surface area contributed by atoms with Crippen LogP contribution in [0.25, 0.3) is 0 Å². The maximum absolute atomic E-state index is 5.77. The predicted molar refractivity (Wildman–Crippen MR) is 79.1 cm³/mol. The molecule has 20 heavy (non-hydrogen) atoms. The van der Waals surface area contributed by atoms with Crippen LogP contribution in [-0.2, 0) is 16.0 Å². The Hall–Kier alpha value is -1.10. The van der Waals surface area contributed by atoms with Crippen molar-refractivity contribution in [2.75, 3.05) is 33.0 Å². The Bertz CT molecular complexity index is 378. The Balaban J connectivity index is 1.74. The molecule has 0 spiro atoms. The Labute approximate surface area is 121 Å². The van der Waals surface area contributed by atoms with Crippen LogP contribution < -0.4 is 10.1 Å². The highest BCUT2D eigenvalue weighted by Gasteiger charge is 2.14. The summed E-state index contributed by atoms with van der Waals surface area (Å²) in [5, 5.41) is 3.45. The largest absolute Gasteiger partial charge is 0.491 e. The minimum Gasteiger partial charge on any atom is -0.491 e. The van der Waals surface area contributed by atoms with Gasteiger partial charge in [-0.05, 0) is 25.8 Å². The molecule has 1 aromatic carbocycles. The maximum atomic E-state index is 5.77. The van der Waals surface area contributed by atoms with Crippen molar-refractivity contribution in [1.82, 2.24) is 5.32 Å². The van der Waals surface area contributed by atoms with Crippen LogP contribution in [0.5, 0.6) is 5.75 Å². The summed E-state index contributed by atoms with van der Waals surface area (Å²) in [7, 11) is 0. The molecule has 0 aromatic heterocycles. The van der Waals surface area contributed by atoms with Crippen molar-refractivity contribution in [3.05, 3.63) is 29.8 Å². The fourth-order valence-corrected chi connectivity index (χ4v) is 2.32. The maximum Gasteiger partial charge on any atom is 0.123 e. The fraction of sp³-hybridized carbons (Fsp3) is 0.625. The van der Waals surface area contributed by atoms with Gasteiger partial charge < -0.3 is 19.5 Å². The van der Waals surface area contributed by atoms with E-state index in [-0.39, 0.29) is 0 Å². The zero-order chi connectivity index (χ0) is 14.0. The molecule has 1 heterocycles. The summed E-state index contributed by atoms with van der Waals surface area (Å²) >= 11 is 0. The minimum absolute atomic E-state index is 0.376. The van der Waals surface area contributed by atoms with Gasteiger partial charge in [-0.15, -0.1) is 0 Å². The van der Waals surface area contributed by atoms with Gasteiger partial charge in [-0.2, -0.15) is 0 Å². The third-order valence-electron chi connectivity index (χ3n) is 3.37. The summed E-state index contributed by atoms with van der Waals surface area (Å²) in [5.41, 5.74) is 1.18. The molecule has 1 aromatic rings. The number of rotatable bonds is 9. The van der Waals surface area contributed by atoms with Crippen LogP contribution in [0.15, 0.2) is 24.3 Å². The summed E-state index contributed by atoms with van der Waals surface area (Å²) in [6.45, 7) is 6.57. The summed E-state index contributed by atoms with van der Waals surface area (Å²) < 4.78 is 16.7. The predicted octanol–water partition coefficient (Wildman–Crippen LogP) is 2.37. The molecule has 1 atom stereocenters. The number of nitrogens with one attached hydrogen (secondary N) is 1. The van der Waals surface area contributed by atoms with Gasteiger partial charge in [0.15, 0.2) is 0 Å². The van der Waals surface area contributed by atoms with Gasteiger partial charge in [-0.25, -0.2) is 0 Å². The van der Waals surface area contributed by atoms with Crippen LogP contribution in [0.4, 0.5) is 0 Å². The average molecular weight is 279 g/mol. The van der Waals surface area contributed by atoms with Gasteiger partial charge in [-0.1, -0.05) is 18.2 Å². The van der Waals surface area contributed by atoms with Gasteiger partial charge in [0.1, 0.15) is 12.4 Å². The van der Waals surface area contributed by atoms with Crippen molar-refractivity contribution in [3.8, 4) is 5.75 Å². The quantitative estimate of drug-likeness (QED) is 0.705. The van der Waals surface area contributed by atoms with Crippen molar-refractivity contribution in [2.45, 2.75) is 32.4 Å². The normalized spacial score (nSPS) is 18.4. The summed E-state index contributed by atoms with van der Waals surface area (Å²) in [5.74, 6) is 0.937. The lowest BCUT2D eigenvalue weighted by Crippen LogP contribution is -2.26. The van der Waals surface area contributed by atoms with E-state index in [1.807, 2.05) is 25.1 Å². The number of hydrogen-bond donors (Lipinski definition) is 1. The van der Waals surface area contributed by atoms with E-state index in [4.69, 9.17) is 14.2 Å². The summed E-state index contributed by atoms with van der Waals surface area (Å²) in [4.78, 5) is 0. The molecule has 0 amide bonds. The molecule has 4 nitrogen and oxygen atoms in total. The monoisotopic (exact) mass is 279 g/mol. The van der Waals surface area contributed by atoms with Gasteiger partial charge in [0, 0.05) is 31.9 Å². The van der Waals surface area contributed by atoms with E-state index >= 15 is 0 Å². The summed E-state index contributed by atoms with van der Waals surface area (Å²) in [6.07, 6.45) is 2.73. The van der Waals surface area contributed by atoms with Crippen molar-refractivity contribution >= 4 is 0 Å². The smallest absolute Gasteiger partial charge is 0.123 e. The first-order chi connectivity index (χ1) is 9.90. The number of ether oxygens (including phenoxy) is 3. The fourth-order valence-electron chi connectivity index (χ4n) is 2.32. The lowest BCUT2D eigenvalue weighted by atomic mass is 10.2. The molecule has 0 unspecified atom stereocenters. The Morgan fingerprint density at radius 1 is 1.30 bits per heavy atom. The molecule has 0 aliphatic carbocycles. The summed E-state index contributed by atoms with van der Waals surface area (Å²) in [6, 6.07) is 8.14. The Morgan fingerprint density at radius 3 is 3.00 bits per heavy atom. The van der Waals surface area contributed by atoms with E-state index in [2.05, 4.69) is 11.4 Å². The highest BCUT2D eigenvalue weighted by molar-refractivity contribution is 5.33. The van der Waals surface area contributed by atoms with E-state index in [0.29, 0.717) is 19.3 Å². The van der Waals surface area contributed by atoms with Gasteiger partial charge in [0.2, 0.25) is 0 Å². The average Bonchev–Trinajstić information content (AvgIpc) is 2.98. The standard InChI is InChI=1S/C16H25NO3/c1-2-18-10-11-20-16-8-4-3-6-14(16)12-17-13-15-7-5-9-19-15/h3-4,6,8,15,17H,2,5,7,9-13H2,1H3/t15-/m0/s1. The van der Waals surface area contributed by atoms with E-state index < -0.39 is 0 Å². The molecule has 0 saturated carbocycles. The van der Waals surface area contributed by atoms with Crippen LogP contribution in [-0.4, -0.2) is 39.1 Å². The van der Waals surface area contributed by atoms with E-state index in [1.165, 1.54) is 18.4 Å². The van der Waals surface area contributed by atoms with E-state index in [9.17, 15) is 0 Å². The molecule has 2 rings (SSSR count). The third-order valence-corrected chi connectivity index (χ3v) is 3.37. The van der Waals surface area contributed by atoms with E-state index in [0.717, 1.165) is 32.1 Å². The van der Waals surface area contributed by atoms with Gasteiger partial charge in [0.25, 0.3) is 0 Å². The second-order valence-electron chi connectivity index (χ2n) is 4.92. The first-order valence-corrected chi connectivity index (χ1v) is 7.51. The van der Waals surface area contributed by atoms with E-state index in [1.54, 1.807) is 0 Å². The molecular weight excluding hydrogens is 254 g/mol. The minimum atomic E-state index is 0.376. The lowest BCUT2D eigenvalue weighted by Gasteiger charge is -2.14. The first-order valence-electron chi connectivity index (χ1n) is 7.51. The van der Waals surface area contributed by atoms with Crippen LogP contribution in [0.1, 0.15) is 25.3 Å². The number of hydrogen-bond acceptors (Lipinski definition) is 4. The van der Waals surface area contributed by atoms with Crippen molar-refractivity contribution in [1.29, 1.82) is 0 Å².